The first kappa shape index (κ1) is 20.6. The number of aliphatic hydroxyl groups is 2. The van der Waals surface area contributed by atoms with Crippen LogP contribution in [0.5, 0.6) is 5.75 Å². The summed E-state index contributed by atoms with van der Waals surface area (Å²) < 4.78 is 5.59. The Labute approximate surface area is 163 Å². The van der Waals surface area contributed by atoms with E-state index in [4.69, 9.17) is 4.74 Å². The van der Waals surface area contributed by atoms with Crippen LogP contribution in [0.15, 0.2) is 18.2 Å². The number of aliphatic hydroxyl groups excluding tert-OH is 2. The van der Waals surface area contributed by atoms with Crippen LogP contribution in [-0.2, 0) is 13.2 Å². The summed E-state index contributed by atoms with van der Waals surface area (Å²) in [6, 6.07) is 6.13. The van der Waals surface area contributed by atoms with Gasteiger partial charge in [0.05, 0.1) is 13.2 Å². The summed E-state index contributed by atoms with van der Waals surface area (Å²) in [7, 11) is 0. The summed E-state index contributed by atoms with van der Waals surface area (Å²) in [5.74, 6) is 1.69. The number of rotatable bonds is 8. The highest BCUT2D eigenvalue weighted by Gasteiger charge is 2.33. The van der Waals surface area contributed by atoms with Crippen molar-refractivity contribution in [1.82, 2.24) is 9.80 Å². The number of benzene rings is 1. The standard InChI is InChI=1S/C22H36N2O3/c1-2-27-22-8-7-18(11-19(22)16-25)12-24-14-20(21(15-24)17-26)13-23-9-5-3-4-6-10-23/h7-8,11,20-21,25-26H,2-6,9-10,12-17H2,1H3/t20-,21-/m1/s1. The van der Waals surface area contributed by atoms with Crippen molar-refractivity contribution >= 4 is 0 Å². The average Bonchev–Trinajstić information content (AvgIpc) is 2.87. The lowest BCUT2D eigenvalue weighted by Gasteiger charge is -2.26. The summed E-state index contributed by atoms with van der Waals surface area (Å²) in [5.41, 5.74) is 2.06. The van der Waals surface area contributed by atoms with E-state index in [-0.39, 0.29) is 13.2 Å². The molecule has 0 radical (unpaired) electrons. The molecular formula is C22H36N2O3. The predicted molar refractivity (Wildman–Crippen MR) is 108 cm³/mol. The van der Waals surface area contributed by atoms with Crippen LogP contribution in [0.3, 0.4) is 0 Å². The largest absolute Gasteiger partial charge is 0.494 e. The fourth-order valence-corrected chi connectivity index (χ4v) is 4.64. The van der Waals surface area contributed by atoms with Crippen molar-refractivity contribution in [2.75, 3.05) is 45.9 Å². The fourth-order valence-electron chi connectivity index (χ4n) is 4.64. The monoisotopic (exact) mass is 376 g/mol. The van der Waals surface area contributed by atoms with Gasteiger partial charge in [-0.25, -0.2) is 0 Å². The zero-order valence-corrected chi connectivity index (χ0v) is 16.8. The van der Waals surface area contributed by atoms with Crippen molar-refractivity contribution in [2.24, 2.45) is 11.8 Å². The van der Waals surface area contributed by atoms with E-state index in [0.717, 1.165) is 37.5 Å². The molecule has 152 valence electrons. The molecule has 2 atom stereocenters. The molecular weight excluding hydrogens is 340 g/mol. The van der Waals surface area contributed by atoms with Crippen LogP contribution in [0.25, 0.3) is 0 Å². The van der Waals surface area contributed by atoms with Gasteiger partial charge in [0.25, 0.3) is 0 Å². The lowest BCUT2D eigenvalue weighted by atomic mass is 9.96. The Balaban J connectivity index is 1.59. The number of nitrogens with zero attached hydrogens (tertiary/aromatic N) is 2. The molecule has 3 rings (SSSR count). The van der Waals surface area contributed by atoms with Gasteiger partial charge in [0.1, 0.15) is 5.75 Å². The zero-order valence-electron chi connectivity index (χ0n) is 16.8. The van der Waals surface area contributed by atoms with Crippen molar-refractivity contribution in [3.05, 3.63) is 29.3 Å². The van der Waals surface area contributed by atoms with Gasteiger partial charge in [-0.05, 0) is 62.4 Å². The normalized spacial score (nSPS) is 24.9. The number of hydrogen-bond acceptors (Lipinski definition) is 5. The van der Waals surface area contributed by atoms with Crippen LogP contribution in [0, 0.1) is 11.8 Å². The molecule has 5 heteroatoms. The fraction of sp³-hybridized carbons (Fsp3) is 0.727. The van der Waals surface area contributed by atoms with Gasteiger partial charge in [0, 0.05) is 38.3 Å². The lowest BCUT2D eigenvalue weighted by molar-refractivity contribution is 0.165. The quantitative estimate of drug-likeness (QED) is 0.730. The SMILES string of the molecule is CCOc1ccc(CN2C[C@@H](CN3CCCCCC3)[C@@H](CO)C2)cc1CO. The minimum Gasteiger partial charge on any atom is -0.494 e. The van der Waals surface area contributed by atoms with Crippen molar-refractivity contribution in [3.8, 4) is 5.75 Å². The second kappa shape index (κ2) is 10.4. The van der Waals surface area contributed by atoms with Gasteiger partial charge < -0.3 is 19.8 Å². The van der Waals surface area contributed by atoms with Crippen molar-refractivity contribution in [1.29, 1.82) is 0 Å². The molecule has 0 spiro atoms. The minimum absolute atomic E-state index is 0.0000231. The first-order chi connectivity index (χ1) is 13.2. The van der Waals surface area contributed by atoms with Crippen LogP contribution in [0.4, 0.5) is 0 Å². The molecule has 2 N–H and O–H groups in total. The first-order valence-corrected chi connectivity index (χ1v) is 10.6. The third-order valence-corrected chi connectivity index (χ3v) is 6.08. The van der Waals surface area contributed by atoms with Crippen LogP contribution in [-0.4, -0.2) is 66.0 Å². The first-order valence-electron chi connectivity index (χ1n) is 10.6. The Morgan fingerprint density at radius 2 is 1.74 bits per heavy atom. The summed E-state index contributed by atoms with van der Waals surface area (Å²) in [6.07, 6.45) is 5.36. The zero-order chi connectivity index (χ0) is 19.1. The average molecular weight is 377 g/mol. The van der Waals surface area contributed by atoms with Crippen LogP contribution < -0.4 is 4.74 Å². The Morgan fingerprint density at radius 3 is 2.41 bits per heavy atom. The summed E-state index contributed by atoms with van der Waals surface area (Å²) in [5, 5.41) is 19.5. The molecule has 2 aliphatic heterocycles. The maximum atomic E-state index is 9.89. The third-order valence-electron chi connectivity index (χ3n) is 6.08. The van der Waals surface area contributed by atoms with Gasteiger partial charge in [0.2, 0.25) is 0 Å². The molecule has 1 aromatic carbocycles. The summed E-state index contributed by atoms with van der Waals surface area (Å²) >= 11 is 0. The minimum atomic E-state index is 0.0000231. The van der Waals surface area contributed by atoms with Gasteiger partial charge >= 0.3 is 0 Å². The summed E-state index contributed by atoms with van der Waals surface area (Å²) in [6.45, 7) is 9.26. The van der Waals surface area contributed by atoms with Gasteiger partial charge in [-0.2, -0.15) is 0 Å². The Hall–Kier alpha value is -1.14. The molecule has 5 nitrogen and oxygen atoms in total. The lowest BCUT2D eigenvalue weighted by Crippen LogP contribution is -2.34. The van der Waals surface area contributed by atoms with E-state index in [2.05, 4.69) is 21.9 Å². The van der Waals surface area contributed by atoms with Gasteiger partial charge in [-0.15, -0.1) is 0 Å². The highest BCUT2D eigenvalue weighted by molar-refractivity contribution is 5.37. The second-order valence-corrected chi connectivity index (χ2v) is 8.14. The Morgan fingerprint density at radius 1 is 1.00 bits per heavy atom. The molecule has 0 bridgehead atoms. The van der Waals surface area contributed by atoms with E-state index in [9.17, 15) is 10.2 Å². The molecule has 2 fully saturated rings. The van der Waals surface area contributed by atoms with Crippen LogP contribution >= 0.6 is 0 Å². The number of likely N-dealkylation sites (tertiary alicyclic amines) is 2. The molecule has 27 heavy (non-hydrogen) atoms. The molecule has 0 aromatic heterocycles. The maximum absolute atomic E-state index is 9.89. The number of hydrogen-bond donors (Lipinski definition) is 2. The van der Waals surface area contributed by atoms with Crippen molar-refractivity contribution in [2.45, 2.75) is 45.8 Å². The Kier molecular flexibility index (Phi) is 7.94. The van der Waals surface area contributed by atoms with E-state index >= 15 is 0 Å². The third kappa shape index (κ3) is 5.67. The van der Waals surface area contributed by atoms with E-state index in [1.54, 1.807) is 0 Å². The summed E-state index contributed by atoms with van der Waals surface area (Å²) in [4.78, 5) is 5.07. The number of ether oxygens (including phenoxy) is 1. The maximum Gasteiger partial charge on any atom is 0.124 e. The molecule has 0 saturated carbocycles. The van der Waals surface area contributed by atoms with Crippen molar-refractivity contribution < 1.29 is 14.9 Å². The van der Waals surface area contributed by atoms with E-state index < -0.39 is 0 Å². The highest BCUT2D eigenvalue weighted by Crippen LogP contribution is 2.28. The van der Waals surface area contributed by atoms with E-state index in [1.807, 2.05) is 13.0 Å². The molecule has 0 unspecified atom stereocenters. The van der Waals surface area contributed by atoms with Gasteiger partial charge in [-0.3, -0.25) is 4.90 Å². The van der Waals surface area contributed by atoms with Crippen molar-refractivity contribution in [3.63, 3.8) is 0 Å². The predicted octanol–water partition coefficient (Wildman–Crippen LogP) is 2.49. The van der Waals surface area contributed by atoms with Crippen LogP contribution in [0.1, 0.15) is 43.7 Å². The van der Waals surface area contributed by atoms with Gasteiger partial charge in [0.15, 0.2) is 0 Å². The molecule has 0 amide bonds. The highest BCUT2D eigenvalue weighted by atomic mass is 16.5. The topological polar surface area (TPSA) is 56.2 Å². The molecule has 2 aliphatic rings. The van der Waals surface area contributed by atoms with Gasteiger partial charge in [-0.1, -0.05) is 18.9 Å². The van der Waals surface area contributed by atoms with E-state index in [0.29, 0.717) is 18.4 Å². The van der Waals surface area contributed by atoms with Crippen LogP contribution in [0.2, 0.25) is 0 Å². The molecule has 0 aliphatic carbocycles. The molecule has 2 heterocycles. The second-order valence-electron chi connectivity index (χ2n) is 8.14. The molecule has 2 saturated heterocycles. The molecule has 1 aromatic rings. The Bertz CT molecular complexity index is 573. The van der Waals surface area contributed by atoms with E-state index in [1.165, 1.54) is 44.3 Å². The smallest absolute Gasteiger partial charge is 0.124 e.